The first-order chi connectivity index (χ1) is 16.2. The number of hydrogen-bond donors (Lipinski definition) is 0. The highest BCUT2D eigenvalue weighted by atomic mass is 19.4. The van der Waals surface area contributed by atoms with Gasteiger partial charge >= 0.3 is 12.5 Å². The molecule has 184 valence electrons. The first kappa shape index (κ1) is 24.2. The Hall–Kier alpha value is -3.90. The van der Waals surface area contributed by atoms with Crippen molar-refractivity contribution < 1.29 is 40.7 Å². The Bertz CT molecular complexity index is 1270. The van der Waals surface area contributed by atoms with Crippen LogP contribution in [0.3, 0.4) is 0 Å². The Balaban J connectivity index is 1.82. The van der Waals surface area contributed by atoms with E-state index >= 15 is 0 Å². The topological polar surface area (TPSA) is 75.1 Å². The third kappa shape index (κ3) is 4.84. The van der Waals surface area contributed by atoms with Gasteiger partial charge in [0.2, 0.25) is 0 Å². The number of anilines is 2. The fourth-order valence-electron chi connectivity index (χ4n) is 3.90. The Morgan fingerprint density at radius 1 is 1.03 bits per heavy atom. The van der Waals surface area contributed by atoms with Crippen molar-refractivity contribution in [1.29, 1.82) is 0 Å². The lowest BCUT2D eigenvalue weighted by atomic mass is 10.0. The van der Waals surface area contributed by atoms with Crippen LogP contribution in [0.2, 0.25) is 0 Å². The van der Waals surface area contributed by atoms with Crippen molar-refractivity contribution in [1.82, 2.24) is 9.88 Å². The Labute approximate surface area is 194 Å². The molecular formula is C22H16F6N4O3. The van der Waals surface area contributed by atoms with Crippen LogP contribution in [0.1, 0.15) is 28.5 Å². The van der Waals surface area contributed by atoms with Crippen LogP contribution in [0.15, 0.2) is 47.6 Å². The van der Waals surface area contributed by atoms with Gasteiger partial charge in [-0.2, -0.15) is 13.2 Å². The average molecular weight is 498 g/mol. The molecule has 1 unspecified atom stereocenters. The number of fused-ring (bicyclic) bond motifs is 1. The highest BCUT2D eigenvalue weighted by molar-refractivity contribution is 6.10. The maximum absolute atomic E-state index is 13.3. The molecule has 0 saturated heterocycles. The van der Waals surface area contributed by atoms with Crippen molar-refractivity contribution in [2.45, 2.75) is 32.4 Å². The van der Waals surface area contributed by atoms with Gasteiger partial charge in [-0.1, -0.05) is 6.08 Å². The number of amides is 2. The molecule has 0 bridgehead atoms. The molecule has 3 heterocycles. The molecule has 0 aliphatic carbocycles. The van der Waals surface area contributed by atoms with E-state index < -0.39 is 41.8 Å². The average Bonchev–Trinajstić information content (AvgIpc) is 2.73. The van der Waals surface area contributed by atoms with Gasteiger partial charge in [0.25, 0.3) is 11.8 Å². The van der Waals surface area contributed by atoms with E-state index in [4.69, 9.17) is 0 Å². The predicted molar refractivity (Wildman–Crippen MR) is 111 cm³/mol. The maximum Gasteiger partial charge on any atom is 0.573 e. The van der Waals surface area contributed by atoms with E-state index in [0.717, 1.165) is 24.4 Å². The van der Waals surface area contributed by atoms with Gasteiger partial charge in [-0.3, -0.25) is 9.59 Å². The van der Waals surface area contributed by atoms with Crippen LogP contribution >= 0.6 is 0 Å². The Morgan fingerprint density at radius 3 is 2.34 bits per heavy atom. The number of ether oxygens (including phenoxy) is 1. The minimum atomic E-state index is -4.91. The van der Waals surface area contributed by atoms with Gasteiger partial charge in [-0.25, -0.2) is 9.98 Å². The van der Waals surface area contributed by atoms with Crippen LogP contribution in [-0.2, 0) is 11.0 Å². The first-order valence-electron chi connectivity index (χ1n) is 10.0. The summed E-state index contributed by atoms with van der Waals surface area (Å²) in [7, 11) is 0. The number of carbonyl (C=O) groups excluding carboxylic acids is 2. The Kier molecular flexibility index (Phi) is 5.81. The number of aryl methyl sites for hydroxylation is 1. The molecule has 1 aromatic carbocycles. The summed E-state index contributed by atoms with van der Waals surface area (Å²) in [4.78, 5) is 34.8. The van der Waals surface area contributed by atoms with Gasteiger partial charge in [0.1, 0.15) is 11.4 Å². The summed E-state index contributed by atoms with van der Waals surface area (Å²) in [6.45, 7) is 2.79. The number of aliphatic imine (C=N–C) groups is 1. The molecule has 13 heteroatoms. The summed E-state index contributed by atoms with van der Waals surface area (Å²) >= 11 is 0. The van der Waals surface area contributed by atoms with Crippen molar-refractivity contribution >= 4 is 28.9 Å². The van der Waals surface area contributed by atoms with Crippen molar-refractivity contribution in [3.63, 3.8) is 0 Å². The van der Waals surface area contributed by atoms with Crippen LogP contribution in [0, 0.1) is 6.92 Å². The number of aromatic nitrogens is 1. The summed E-state index contributed by atoms with van der Waals surface area (Å²) in [6.07, 6.45) is -6.27. The third-order valence-electron chi connectivity index (χ3n) is 5.41. The number of halogens is 6. The van der Waals surface area contributed by atoms with E-state index in [0.29, 0.717) is 17.3 Å². The number of hydrogen-bond acceptors (Lipinski definition) is 5. The molecule has 1 aromatic heterocycles. The standard InChI is InChI=1S/C22H16F6N4O3/c1-11-7-13(35-22(26,27)28)3-4-15(11)31-10-32(16-5-6-19(33)30-12(16)2)20(34)14-8-18(21(23,24)25)29-9-17(14)31/h3-9,16H,10H2,1-2H3. The van der Waals surface area contributed by atoms with Gasteiger partial charge < -0.3 is 14.5 Å². The van der Waals surface area contributed by atoms with Gasteiger partial charge in [-0.15, -0.1) is 13.2 Å². The summed E-state index contributed by atoms with van der Waals surface area (Å²) in [5, 5.41) is 0. The van der Waals surface area contributed by atoms with Crippen molar-refractivity contribution in [2.75, 3.05) is 11.6 Å². The van der Waals surface area contributed by atoms with Crippen LogP contribution in [0.25, 0.3) is 0 Å². The minimum Gasteiger partial charge on any atom is -0.406 e. The molecule has 2 amide bonds. The van der Waals surface area contributed by atoms with Crippen LogP contribution < -0.4 is 9.64 Å². The molecule has 1 atom stereocenters. The van der Waals surface area contributed by atoms with Crippen LogP contribution in [0.4, 0.5) is 37.7 Å². The fraction of sp³-hybridized carbons (Fsp3) is 0.273. The second-order valence-corrected chi connectivity index (χ2v) is 7.82. The summed E-state index contributed by atoms with van der Waals surface area (Å²) in [5.74, 6) is -1.77. The smallest absolute Gasteiger partial charge is 0.406 e. The fourth-order valence-corrected chi connectivity index (χ4v) is 3.90. The van der Waals surface area contributed by atoms with E-state index in [2.05, 4.69) is 14.7 Å². The molecule has 0 saturated carbocycles. The van der Waals surface area contributed by atoms with Crippen LogP contribution in [-0.4, -0.2) is 46.5 Å². The highest BCUT2D eigenvalue weighted by Crippen LogP contribution is 2.40. The SMILES string of the molecule is CC1=NC(=O)C=CC1N1CN(c2ccc(OC(F)(F)F)cc2C)c2cnc(C(F)(F)F)cc2C1=O. The summed E-state index contributed by atoms with van der Waals surface area (Å²) in [6, 6.07) is 3.27. The van der Waals surface area contributed by atoms with Gasteiger partial charge in [0, 0.05) is 17.5 Å². The van der Waals surface area contributed by atoms with E-state index in [1.54, 1.807) is 0 Å². The van der Waals surface area contributed by atoms with E-state index in [-0.39, 0.29) is 23.6 Å². The first-order valence-corrected chi connectivity index (χ1v) is 10.0. The molecule has 0 radical (unpaired) electrons. The molecular weight excluding hydrogens is 482 g/mol. The second-order valence-electron chi connectivity index (χ2n) is 7.82. The molecule has 2 aliphatic heterocycles. The normalized spacial score (nSPS) is 18.5. The predicted octanol–water partition coefficient (Wildman–Crippen LogP) is 4.78. The zero-order valence-electron chi connectivity index (χ0n) is 18.1. The number of pyridine rings is 1. The van der Waals surface area contributed by atoms with Gasteiger partial charge in [-0.05, 0) is 43.7 Å². The third-order valence-corrected chi connectivity index (χ3v) is 5.41. The number of dihydropyridines is 1. The zero-order chi connectivity index (χ0) is 25.7. The monoisotopic (exact) mass is 498 g/mol. The molecule has 35 heavy (non-hydrogen) atoms. The van der Waals surface area contributed by atoms with E-state index in [1.807, 2.05) is 0 Å². The largest absolute Gasteiger partial charge is 0.573 e. The molecule has 7 nitrogen and oxygen atoms in total. The minimum absolute atomic E-state index is 0.0392. The number of alkyl halides is 6. The lowest BCUT2D eigenvalue weighted by Crippen LogP contribution is -2.52. The van der Waals surface area contributed by atoms with Crippen molar-refractivity contribution in [3.8, 4) is 5.75 Å². The van der Waals surface area contributed by atoms with Crippen molar-refractivity contribution in [3.05, 3.63) is 59.4 Å². The van der Waals surface area contributed by atoms with E-state index in [9.17, 15) is 35.9 Å². The molecule has 2 aliphatic rings. The summed E-state index contributed by atoms with van der Waals surface area (Å²) < 4.78 is 81.7. The zero-order valence-corrected chi connectivity index (χ0v) is 18.1. The van der Waals surface area contributed by atoms with E-state index in [1.165, 1.54) is 35.8 Å². The molecule has 0 spiro atoms. The molecule has 4 rings (SSSR count). The molecule has 2 aromatic rings. The number of rotatable bonds is 3. The number of carbonyl (C=O) groups is 2. The lowest BCUT2D eigenvalue weighted by Gasteiger charge is -2.41. The van der Waals surface area contributed by atoms with Crippen LogP contribution in [0.5, 0.6) is 5.75 Å². The summed E-state index contributed by atoms with van der Waals surface area (Å²) in [5.41, 5.74) is -0.692. The van der Waals surface area contributed by atoms with Gasteiger partial charge in [0.15, 0.2) is 0 Å². The highest BCUT2D eigenvalue weighted by Gasteiger charge is 2.40. The van der Waals surface area contributed by atoms with Gasteiger partial charge in [0.05, 0.1) is 30.2 Å². The molecule has 0 fully saturated rings. The lowest BCUT2D eigenvalue weighted by molar-refractivity contribution is -0.274. The second kappa shape index (κ2) is 8.40. The Morgan fingerprint density at radius 2 is 1.74 bits per heavy atom. The number of nitrogens with zero attached hydrogens (tertiary/aromatic N) is 4. The van der Waals surface area contributed by atoms with Crippen molar-refractivity contribution in [2.24, 2.45) is 4.99 Å². The maximum atomic E-state index is 13.3. The molecule has 0 N–H and O–H groups in total. The quantitative estimate of drug-likeness (QED) is 0.570. The number of benzene rings is 1.